The number of fused-ring (bicyclic) bond motifs is 3. The van der Waals surface area contributed by atoms with Crippen LogP contribution in [0.2, 0.25) is 0 Å². The summed E-state index contributed by atoms with van der Waals surface area (Å²) in [6.45, 7) is 3.42. The number of anilines is 1. The second-order valence-electron chi connectivity index (χ2n) is 7.58. The van der Waals surface area contributed by atoms with Crippen LogP contribution >= 0.6 is 0 Å². The van der Waals surface area contributed by atoms with Crippen LogP contribution in [0.4, 0.5) is 5.69 Å². The van der Waals surface area contributed by atoms with E-state index in [9.17, 15) is 22.8 Å². The summed E-state index contributed by atoms with van der Waals surface area (Å²) in [5.74, 6) is -2.00. The molecule has 3 fully saturated rings. The molecule has 1 N–H and O–H groups in total. The molecule has 0 saturated carbocycles. The van der Waals surface area contributed by atoms with E-state index < -0.39 is 33.7 Å². The minimum absolute atomic E-state index is 0.0179. The van der Waals surface area contributed by atoms with Crippen LogP contribution in [-0.2, 0) is 24.3 Å². The van der Waals surface area contributed by atoms with Crippen LogP contribution in [-0.4, -0.2) is 62.8 Å². The number of ketones is 2. The van der Waals surface area contributed by atoms with Gasteiger partial charge in [-0.3, -0.25) is 24.0 Å². The highest BCUT2D eigenvalue weighted by molar-refractivity contribution is 7.92. The maximum Gasteiger partial charge on any atom is 0.316 e. The lowest BCUT2D eigenvalue weighted by molar-refractivity contribution is -0.148. The zero-order valence-corrected chi connectivity index (χ0v) is 17.4. The van der Waals surface area contributed by atoms with Gasteiger partial charge in [0.1, 0.15) is 5.92 Å². The highest BCUT2D eigenvalue weighted by Gasteiger charge is 2.44. The van der Waals surface area contributed by atoms with Gasteiger partial charge in [-0.15, -0.1) is 0 Å². The van der Waals surface area contributed by atoms with E-state index in [-0.39, 0.29) is 30.3 Å². The van der Waals surface area contributed by atoms with Crippen molar-refractivity contribution >= 4 is 33.2 Å². The molecule has 2 unspecified atom stereocenters. The Bertz CT molecular complexity index is 888. The number of hydrogen-bond acceptors (Lipinski definition) is 7. The van der Waals surface area contributed by atoms with Crippen LogP contribution in [0, 0.1) is 11.8 Å². The Labute approximate surface area is 170 Å². The van der Waals surface area contributed by atoms with Crippen LogP contribution in [0.3, 0.4) is 0 Å². The first kappa shape index (κ1) is 21.4. The zero-order valence-electron chi connectivity index (χ0n) is 16.6. The number of sulfonamides is 1. The predicted octanol–water partition coefficient (Wildman–Crippen LogP) is 1.47. The van der Waals surface area contributed by atoms with E-state index in [4.69, 9.17) is 4.74 Å². The molecule has 0 radical (unpaired) electrons. The molecule has 1 aromatic rings. The molecule has 0 amide bonds. The SMILES string of the molecule is CCOC(=O)C(CC1C(=O)C2CCN1CC2)C(=O)c1ccc(NS(C)(=O)=O)cc1. The summed E-state index contributed by atoms with van der Waals surface area (Å²) in [6.07, 6.45) is 2.81. The second kappa shape index (κ2) is 8.62. The van der Waals surface area contributed by atoms with Gasteiger partial charge >= 0.3 is 5.97 Å². The number of nitrogens with one attached hydrogen (secondary N) is 1. The van der Waals surface area contributed by atoms with Gasteiger partial charge in [-0.1, -0.05) is 0 Å². The fraction of sp³-hybridized carbons (Fsp3) is 0.550. The lowest BCUT2D eigenvalue weighted by Gasteiger charge is -2.44. The molecule has 1 aromatic carbocycles. The van der Waals surface area contributed by atoms with Gasteiger partial charge in [-0.05, 0) is 63.5 Å². The average Bonchev–Trinajstić information content (AvgIpc) is 2.67. The van der Waals surface area contributed by atoms with Crippen molar-refractivity contribution in [3.05, 3.63) is 29.8 Å². The fourth-order valence-electron chi connectivity index (χ4n) is 4.11. The fourth-order valence-corrected chi connectivity index (χ4v) is 4.67. The number of rotatable bonds is 8. The van der Waals surface area contributed by atoms with Gasteiger partial charge in [-0.2, -0.15) is 0 Å². The summed E-state index contributed by atoms with van der Waals surface area (Å²) >= 11 is 0. The van der Waals surface area contributed by atoms with Gasteiger partial charge in [0, 0.05) is 17.2 Å². The topological polar surface area (TPSA) is 110 Å². The van der Waals surface area contributed by atoms with E-state index in [0.29, 0.717) is 5.69 Å². The number of nitrogens with zero attached hydrogens (tertiary/aromatic N) is 1. The van der Waals surface area contributed by atoms with Crippen molar-refractivity contribution in [3.63, 3.8) is 0 Å². The van der Waals surface area contributed by atoms with Gasteiger partial charge in [0.05, 0.1) is 18.9 Å². The summed E-state index contributed by atoms with van der Waals surface area (Å²) in [6, 6.07) is 5.43. The maximum atomic E-state index is 13.1. The molecule has 3 saturated heterocycles. The monoisotopic (exact) mass is 422 g/mol. The van der Waals surface area contributed by atoms with Crippen molar-refractivity contribution < 1.29 is 27.5 Å². The molecule has 0 aromatic heterocycles. The standard InChI is InChI=1S/C20H26N2O6S/c1-3-28-20(25)16(12-17-19(24)14-8-10-22(17)11-9-14)18(23)13-4-6-15(7-5-13)21-29(2,26)27/h4-7,14,16-17,21H,3,8-12H2,1-2H3. The number of esters is 1. The van der Waals surface area contributed by atoms with Crippen molar-refractivity contribution in [1.82, 2.24) is 4.90 Å². The van der Waals surface area contributed by atoms with Crippen LogP contribution in [0.25, 0.3) is 0 Å². The molecule has 2 atom stereocenters. The molecule has 9 heteroatoms. The Morgan fingerprint density at radius 1 is 1.21 bits per heavy atom. The molecule has 3 heterocycles. The molecule has 4 rings (SSSR count). The lowest BCUT2D eigenvalue weighted by atomic mass is 9.78. The van der Waals surface area contributed by atoms with Crippen LogP contribution in [0.5, 0.6) is 0 Å². The Morgan fingerprint density at radius 3 is 2.34 bits per heavy atom. The molecule has 8 nitrogen and oxygen atoms in total. The van der Waals surface area contributed by atoms with Crippen molar-refractivity contribution in [2.45, 2.75) is 32.2 Å². The average molecular weight is 423 g/mol. The normalized spacial score (nSPS) is 24.8. The van der Waals surface area contributed by atoms with Gasteiger partial charge in [0.2, 0.25) is 10.0 Å². The molecule has 29 heavy (non-hydrogen) atoms. The number of carbonyl (C=O) groups excluding carboxylic acids is 3. The van der Waals surface area contributed by atoms with Crippen LogP contribution in [0.15, 0.2) is 24.3 Å². The largest absolute Gasteiger partial charge is 0.465 e. The number of carbonyl (C=O) groups is 3. The third-order valence-electron chi connectivity index (χ3n) is 5.52. The Morgan fingerprint density at radius 2 is 1.83 bits per heavy atom. The van der Waals surface area contributed by atoms with Crippen molar-refractivity contribution in [2.24, 2.45) is 11.8 Å². The molecular formula is C20H26N2O6S. The molecule has 158 valence electrons. The van der Waals surface area contributed by atoms with E-state index in [0.717, 1.165) is 32.2 Å². The highest BCUT2D eigenvalue weighted by Crippen LogP contribution is 2.33. The van der Waals surface area contributed by atoms with Gasteiger partial charge in [0.25, 0.3) is 0 Å². The van der Waals surface area contributed by atoms with E-state index in [1.54, 1.807) is 6.92 Å². The molecule has 0 aliphatic carbocycles. The summed E-state index contributed by atoms with van der Waals surface area (Å²) in [7, 11) is -3.43. The first-order chi connectivity index (χ1) is 13.7. The van der Waals surface area contributed by atoms with Gasteiger partial charge < -0.3 is 4.74 Å². The van der Waals surface area contributed by atoms with E-state index in [2.05, 4.69) is 9.62 Å². The second-order valence-corrected chi connectivity index (χ2v) is 9.33. The summed E-state index contributed by atoms with van der Waals surface area (Å²) < 4.78 is 30.1. The minimum Gasteiger partial charge on any atom is -0.465 e. The van der Waals surface area contributed by atoms with E-state index >= 15 is 0 Å². The van der Waals surface area contributed by atoms with Crippen molar-refractivity contribution in [3.8, 4) is 0 Å². The quantitative estimate of drug-likeness (QED) is 0.384. The van der Waals surface area contributed by atoms with Gasteiger partial charge in [-0.25, -0.2) is 8.42 Å². The molecule has 2 bridgehead atoms. The van der Waals surface area contributed by atoms with Crippen LogP contribution in [0.1, 0.15) is 36.5 Å². The molecule has 3 aliphatic heterocycles. The number of piperidine rings is 3. The van der Waals surface area contributed by atoms with Crippen LogP contribution < -0.4 is 4.72 Å². The number of hydrogen-bond donors (Lipinski definition) is 1. The first-order valence-corrected chi connectivity index (χ1v) is 11.6. The molecular weight excluding hydrogens is 396 g/mol. The third-order valence-corrected chi connectivity index (χ3v) is 6.13. The first-order valence-electron chi connectivity index (χ1n) is 9.76. The third kappa shape index (κ3) is 5.02. The summed E-state index contributed by atoms with van der Waals surface area (Å²) in [5.41, 5.74) is 0.591. The van der Waals surface area contributed by atoms with E-state index in [1.165, 1.54) is 24.3 Å². The Balaban J connectivity index is 1.80. The predicted molar refractivity (Wildman–Crippen MR) is 107 cm³/mol. The minimum atomic E-state index is -3.43. The summed E-state index contributed by atoms with van der Waals surface area (Å²) in [5, 5.41) is 0. The number of ether oxygens (including phenoxy) is 1. The number of benzene rings is 1. The van der Waals surface area contributed by atoms with Crippen molar-refractivity contribution in [1.29, 1.82) is 0 Å². The Kier molecular flexibility index (Phi) is 6.38. The highest BCUT2D eigenvalue weighted by atomic mass is 32.2. The maximum absolute atomic E-state index is 13.1. The lowest BCUT2D eigenvalue weighted by Crippen LogP contribution is -2.56. The van der Waals surface area contributed by atoms with Crippen molar-refractivity contribution in [2.75, 3.05) is 30.7 Å². The van der Waals surface area contributed by atoms with E-state index in [1.807, 2.05) is 0 Å². The molecule has 3 aliphatic rings. The smallest absolute Gasteiger partial charge is 0.316 e. The number of Topliss-reactive ketones (excluding diaryl/α,β-unsaturated/α-hetero) is 2. The van der Waals surface area contributed by atoms with Gasteiger partial charge in [0.15, 0.2) is 11.6 Å². The zero-order chi connectivity index (χ0) is 21.2. The molecule has 0 spiro atoms. The summed E-state index contributed by atoms with van der Waals surface area (Å²) in [4.78, 5) is 40.3. The Hall–Kier alpha value is -2.26.